The number of anilines is 1. The van der Waals surface area contributed by atoms with Gasteiger partial charge in [-0.1, -0.05) is 12.1 Å². The van der Waals surface area contributed by atoms with E-state index >= 15 is 0 Å². The monoisotopic (exact) mass is 375 g/mol. The first-order valence-electron chi connectivity index (χ1n) is 8.09. The Morgan fingerprint density at radius 2 is 1.85 bits per heavy atom. The second kappa shape index (κ2) is 6.94. The topological polar surface area (TPSA) is 115 Å². The molecule has 0 aliphatic carbocycles. The summed E-state index contributed by atoms with van der Waals surface area (Å²) >= 11 is 0. The molecule has 11 heteroatoms. The van der Waals surface area contributed by atoms with E-state index in [2.05, 4.69) is 25.9 Å². The van der Waals surface area contributed by atoms with Gasteiger partial charge in [0.05, 0.1) is 18.1 Å². The van der Waals surface area contributed by atoms with Crippen LogP contribution in [0.25, 0.3) is 5.65 Å². The molecule has 1 N–H and O–H groups in total. The Kier molecular flexibility index (Phi) is 4.49. The number of sulfonamides is 1. The van der Waals surface area contributed by atoms with Crippen LogP contribution in [0.4, 0.5) is 5.82 Å². The number of benzene rings is 1. The van der Waals surface area contributed by atoms with Gasteiger partial charge in [-0.2, -0.15) is 4.31 Å². The van der Waals surface area contributed by atoms with Gasteiger partial charge in [-0.15, -0.1) is 14.8 Å². The fourth-order valence-electron chi connectivity index (χ4n) is 2.65. The minimum absolute atomic E-state index is 0.288. The molecule has 0 unspecified atom stereocenters. The Labute approximate surface area is 149 Å². The first-order valence-corrected chi connectivity index (χ1v) is 9.53. The molecule has 1 fully saturated rings. The van der Waals surface area contributed by atoms with Crippen LogP contribution in [0.15, 0.2) is 41.3 Å². The molecular formula is C15H17N7O3S. The van der Waals surface area contributed by atoms with Gasteiger partial charge in [0.25, 0.3) is 0 Å². The number of nitrogens with one attached hydrogen (secondary N) is 1. The number of nitrogens with zero attached hydrogens (tertiary/aromatic N) is 6. The lowest BCUT2D eigenvalue weighted by Crippen LogP contribution is -2.40. The molecule has 1 aliphatic rings. The normalized spacial score (nSPS) is 16.0. The lowest BCUT2D eigenvalue weighted by molar-refractivity contribution is 0.0730. The fraction of sp³-hybridized carbons (Fsp3) is 0.333. The van der Waals surface area contributed by atoms with Crippen molar-refractivity contribution in [3.8, 4) is 0 Å². The summed E-state index contributed by atoms with van der Waals surface area (Å²) in [7, 11) is -3.47. The molecule has 3 heterocycles. The molecule has 0 atom stereocenters. The van der Waals surface area contributed by atoms with E-state index < -0.39 is 10.0 Å². The lowest BCUT2D eigenvalue weighted by atomic mass is 10.2. The van der Waals surface area contributed by atoms with Crippen LogP contribution in [0.3, 0.4) is 0 Å². The van der Waals surface area contributed by atoms with Crippen LogP contribution in [-0.2, 0) is 21.3 Å². The quantitative estimate of drug-likeness (QED) is 0.670. The second-order valence-corrected chi connectivity index (χ2v) is 7.70. The number of morpholine rings is 1. The molecular weight excluding hydrogens is 358 g/mol. The molecule has 1 aromatic carbocycles. The van der Waals surface area contributed by atoms with Crippen molar-refractivity contribution in [3.63, 3.8) is 0 Å². The zero-order chi connectivity index (χ0) is 18.0. The van der Waals surface area contributed by atoms with E-state index in [0.717, 1.165) is 5.56 Å². The summed E-state index contributed by atoms with van der Waals surface area (Å²) < 4.78 is 33.2. The predicted molar refractivity (Wildman–Crippen MR) is 91.9 cm³/mol. The van der Waals surface area contributed by atoms with Crippen molar-refractivity contribution in [3.05, 3.63) is 42.0 Å². The van der Waals surface area contributed by atoms with E-state index in [4.69, 9.17) is 4.74 Å². The maximum Gasteiger partial charge on any atom is 0.243 e. The SMILES string of the molecule is O=S(=O)(c1ccc(CNc2ccc3nnnn3n2)cc1)N1CCOCC1. The number of fused-ring (bicyclic) bond motifs is 1. The Morgan fingerprint density at radius 3 is 2.62 bits per heavy atom. The highest BCUT2D eigenvalue weighted by Gasteiger charge is 2.25. The van der Waals surface area contributed by atoms with Crippen molar-refractivity contribution in [2.45, 2.75) is 11.4 Å². The van der Waals surface area contributed by atoms with E-state index in [0.29, 0.717) is 44.3 Å². The van der Waals surface area contributed by atoms with Crippen LogP contribution in [0.2, 0.25) is 0 Å². The first-order chi connectivity index (χ1) is 12.6. The van der Waals surface area contributed by atoms with Gasteiger partial charge in [0.1, 0.15) is 5.82 Å². The molecule has 2 aromatic heterocycles. The highest BCUT2D eigenvalue weighted by atomic mass is 32.2. The summed E-state index contributed by atoms with van der Waals surface area (Å²) in [5.41, 5.74) is 1.50. The van der Waals surface area contributed by atoms with E-state index in [1.165, 1.54) is 8.94 Å². The maximum atomic E-state index is 12.6. The number of ether oxygens (including phenoxy) is 1. The summed E-state index contributed by atoms with van der Waals surface area (Å²) in [6.07, 6.45) is 0. The molecule has 4 rings (SSSR count). The van der Waals surface area contributed by atoms with E-state index in [1.54, 1.807) is 36.4 Å². The van der Waals surface area contributed by atoms with Gasteiger partial charge in [-0.25, -0.2) is 8.42 Å². The van der Waals surface area contributed by atoms with Crippen LogP contribution in [0.5, 0.6) is 0 Å². The highest BCUT2D eigenvalue weighted by Crippen LogP contribution is 2.18. The first kappa shape index (κ1) is 16.8. The number of rotatable bonds is 5. The summed E-state index contributed by atoms with van der Waals surface area (Å²) in [6, 6.07) is 10.4. The highest BCUT2D eigenvalue weighted by molar-refractivity contribution is 7.89. The number of aromatic nitrogens is 5. The Bertz CT molecular complexity index is 998. The molecule has 0 spiro atoms. The summed E-state index contributed by atoms with van der Waals surface area (Å²) in [4.78, 5) is 0.288. The molecule has 136 valence electrons. The molecule has 26 heavy (non-hydrogen) atoms. The predicted octanol–water partition coefficient (Wildman–Crippen LogP) is 0.152. The van der Waals surface area contributed by atoms with Crippen molar-refractivity contribution in [2.24, 2.45) is 0 Å². The average molecular weight is 375 g/mol. The minimum Gasteiger partial charge on any atom is -0.379 e. The van der Waals surface area contributed by atoms with Crippen LogP contribution in [-0.4, -0.2) is 64.3 Å². The molecule has 3 aromatic rings. The van der Waals surface area contributed by atoms with Gasteiger partial charge in [-0.3, -0.25) is 0 Å². The Hall–Kier alpha value is -2.63. The largest absolute Gasteiger partial charge is 0.379 e. The maximum absolute atomic E-state index is 12.6. The van der Waals surface area contributed by atoms with Crippen molar-refractivity contribution in [1.82, 2.24) is 29.6 Å². The van der Waals surface area contributed by atoms with Crippen LogP contribution >= 0.6 is 0 Å². The van der Waals surface area contributed by atoms with Crippen LogP contribution < -0.4 is 5.32 Å². The van der Waals surface area contributed by atoms with Gasteiger partial charge in [0, 0.05) is 19.6 Å². The molecule has 0 radical (unpaired) electrons. The third-order valence-corrected chi connectivity index (χ3v) is 5.99. The van der Waals surface area contributed by atoms with Crippen molar-refractivity contribution in [1.29, 1.82) is 0 Å². The molecule has 0 amide bonds. The molecule has 1 saturated heterocycles. The number of hydrogen-bond donors (Lipinski definition) is 1. The molecule has 10 nitrogen and oxygen atoms in total. The Balaban J connectivity index is 1.43. The van der Waals surface area contributed by atoms with Gasteiger partial charge >= 0.3 is 0 Å². The number of tetrazole rings is 1. The summed E-state index contributed by atoms with van der Waals surface area (Å²) in [5.74, 6) is 0.620. The van der Waals surface area contributed by atoms with Gasteiger partial charge < -0.3 is 10.1 Å². The van der Waals surface area contributed by atoms with E-state index in [1.807, 2.05) is 0 Å². The fourth-order valence-corrected chi connectivity index (χ4v) is 4.06. The second-order valence-electron chi connectivity index (χ2n) is 5.76. The van der Waals surface area contributed by atoms with Gasteiger partial charge in [0.2, 0.25) is 10.0 Å². The summed E-state index contributed by atoms with van der Waals surface area (Å²) in [5, 5.41) is 18.5. The summed E-state index contributed by atoms with van der Waals surface area (Å²) in [6.45, 7) is 2.13. The molecule has 0 saturated carbocycles. The smallest absolute Gasteiger partial charge is 0.243 e. The van der Waals surface area contributed by atoms with Crippen molar-refractivity contribution >= 4 is 21.5 Å². The van der Waals surface area contributed by atoms with Gasteiger partial charge in [-0.05, 0) is 40.3 Å². The van der Waals surface area contributed by atoms with Gasteiger partial charge in [0.15, 0.2) is 5.65 Å². The third-order valence-electron chi connectivity index (χ3n) is 4.07. The van der Waals surface area contributed by atoms with E-state index in [9.17, 15) is 8.42 Å². The van der Waals surface area contributed by atoms with Crippen molar-refractivity contribution in [2.75, 3.05) is 31.6 Å². The van der Waals surface area contributed by atoms with Crippen LogP contribution in [0, 0.1) is 0 Å². The molecule has 1 aliphatic heterocycles. The zero-order valence-electron chi connectivity index (χ0n) is 13.8. The van der Waals surface area contributed by atoms with E-state index in [-0.39, 0.29) is 4.90 Å². The standard InChI is InChI=1S/C15H17N7O3S/c23-26(24,21-7-9-25-10-8-21)13-3-1-12(2-4-13)11-16-14-5-6-15-17-19-20-22(15)18-14/h1-6H,7-11H2,(H,16,18). The Morgan fingerprint density at radius 1 is 1.08 bits per heavy atom. The minimum atomic E-state index is -3.47. The average Bonchev–Trinajstić information content (AvgIpc) is 3.15. The molecule has 0 bridgehead atoms. The van der Waals surface area contributed by atoms with Crippen LogP contribution in [0.1, 0.15) is 5.56 Å². The lowest BCUT2D eigenvalue weighted by Gasteiger charge is -2.26. The number of hydrogen-bond acceptors (Lipinski definition) is 8. The van der Waals surface area contributed by atoms with Crippen molar-refractivity contribution < 1.29 is 13.2 Å². The third kappa shape index (κ3) is 3.36. The zero-order valence-corrected chi connectivity index (χ0v) is 14.6.